The van der Waals surface area contributed by atoms with Crippen LogP contribution in [0.15, 0.2) is 36.5 Å². The first-order chi connectivity index (χ1) is 17.4. The summed E-state index contributed by atoms with van der Waals surface area (Å²) in [5.41, 5.74) is 8.86. The molecule has 0 spiro atoms. The summed E-state index contributed by atoms with van der Waals surface area (Å²) in [4.78, 5) is 31.2. The van der Waals surface area contributed by atoms with E-state index in [-0.39, 0.29) is 11.9 Å². The van der Waals surface area contributed by atoms with Gasteiger partial charge in [0.2, 0.25) is 0 Å². The highest BCUT2D eigenvalue weighted by molar-refractivity contribution is 5.98. The van der Waals surface area contributed by atoms with E-state index in [1.807, 2.05) is 35.2 Å². The van der Waals surface area contributed by atoms with Crippen molar-refractivity contribution in [2.75, 3.05) is 31.6 Å². The number of hydrogen-bond donors (Lipinski definition) is 3. The smallest absolute Gasteiger partial charge is 0.254 e. The third kappa shape index (κ3) is 4.48. The summed E-state index contributed by atoms with van der Waals surface area (Å²) >= 11 is 0. The number of carbonyl (C=O) groups is 2. The van der Waals surface area contributed by atoms with Crippen LogP contribution in [0.5, 0.6) is 0 Å². The van der Waals surface area contributed by atoms with Gasteiger partial charge in [-0.3, -0.25) is 14.6 Å². The first kappa shape index (κ1) is 23.4. The number of nitrogens with one attached hydrogen (secondary N) is 1. The molecule has 1 aromatic heterocycles. The molecule has 2 amide bonds. The van der Waals surface area contributed by atoms with Crippen LogP contribution in [0.3, 0.4) is 0 Å². The van der Waals surface area contributed by atoms with Crippen molar-refractivity contribution in [3.63, 3.8) is 0 Å². The van der Waals surface area contributed by atoms with E-state index in [0.717, 1.165) is 49.0 Å². The Bertz CT molecular complexity index is 1140. The Balaban J connectivity index is 1.18. The number of nitrogens with two attached hydrogens (primary N) is 1. The van der Waals surface area contributed by atoms with Crippen LogP contribution in [0.2, 0.25) is 0 Å². The van der Waals surface area contributed by atoms with Crippen molar-refractivity contribution in [1.82, 2.24) is 9.88 Å². The molecule has 5 fully saturated rings. The summed E-state index contributed by atoms with van der Waals surface area (Å²) in [6.45, 7) is 2.40. The molecule has 4 saturated carbocycles. The van der Waals surface area contributed by atoms with Crippen molar-refractivity contribution in [2.45, 2.75) is 50.2 Å². The maximum Gasteiger partial charge on any atom is 0.254 e. The van der Waals surface area contributed by atoms with Crippen molar-refractivity contribution in [3.05, 3.63) is 58.9 Å². The van der Waals surface area contributed by atoms with Gasteiger partial charge in [-0.2, -0.15) is 0 Å². The van der Waals surface area contributed by atoms with Crippen LogP contribution in [-0.2, 0) is 11.2 Å². The molecule has 0 radical (unpaired) electrons. The number of carbonyl (C=O) groups excluding carboxylic acids is 2. The molecule has 2 heterocycles. The third-order valence-corrected chi connectivity index (χ3v) is 8.67. The van der Waals surface area contributed by atoms with E-state index in [4.69, 9.17) is 10.5 Å². The first-order valence-corrected chi connectivity index (χ1v) is 13.1. The molecule has 1 aliphatic heterocycles. The third-order valence-electron chi connectivity index (χ3n) is 8.67. The van der Waals surface area contributed by atoms with Gasteiger partial charge in [0.1, 0.15) is 0 Å². The average molecular weight is 491 g/mol. The molecule has 190 valence electrons. The molecule has 5 atom stereocenters. The van der Waals surface area contributed by atoms with Crippen LogP contribution < -0.4 is 11.1 Å². The number of amides is 2. The van der Waals surface area contributed by atoms with Crippen LogP contribution in [0.4, 0.5) is 5.69 Å². The van der Waals surface area contributed by atoms with Crippen LogP contribution in [0.1, 0.15) is 64.1 Å². The Morgan fingerprint density at radius 1 is 1.11 bits per heavy atom. The van der Waals surface area contributed by atoms with Crippen molar-refractivity contribution < 1.29 is 19.4 Å². The lowest BCUT2D eigenvalue weighted by Crippen LogP contribution is -2.59. The number of nitrogens with zero attached hydrogens (tertiary/aromatic N) is 2. The van der Waals surface area contributed by atoms with Gasteiger partial charge in [-0.05, 0) is 73.6 Å². The van der Waals surface area contributed by atoms with E-state index in [2.05, 4.69) is 10.3 Å². The Labute approximate surface area is 211 Å². The Morgan fingerprint density at radius 2 is 1.81 bits per heavy atom. The zero-order valence-corrected chi connectivity index (χ0v) is 20.5. The summed E-state index contributed by atoms with van der Waals surface area (Å²) in [6, 6.07) is 9.83. The van der Waals surface area contributed by atoms with Gasteiger partial charge < -0.3 is 25.8 Å². The highest BCUT2D eigenvalue weighted by atomic mass is 16.5. The molecular weight excluding hydrogens is 456 g/mol. The van der Waals surface area contributed by atoms with Gasteiger partial charge in [-0.1, -0.05) is 12.1 Å². The number of ether oxygens (including phenoxy) is 1. The number of aliphatic hydroxyl groups is 1. The monoisotopic (exact) mass is 490 g/mol. The second kappa shape index (κ2) is 9.16. The minimum Gasteiger partial charge on any atom is -0.390 e. The van der Waals surface area contributed by atoms with Gasteiger partial charge in [0.25, 0.3) is 11.8 Å². The zero-order chi connectivity index (χ0) is 24.9. The largest absolute Gasteiger partial charge is 0.390 e. The van der Waals surface area contributed by atoms with Crippen molar-refractivity contribution in [1.29, 1.82) is 0 Å². The lowest BCUT2D eigenvalue weighted by atomic mass is 9.52. The second-order valence-corrected chi connectivity index (χ2v) is 11.2. The molecule has 8 nitrogen and oxygen atoms in total. The molecule has 8 heteroatoms. The summed E-state index contributed by atoms with van der Waals surface area (Å²) in [7, 11) is 0. The van der Waals surface area contributed by atoms with Gasteiger partial charge >= 0.3 is 0 Å². The molecular formula is C28H34N4O4. The maximum absolute atomic E-state index is 12.7. The number of rotatable bonds is 6. The molecule has 1 aromatic carbocycles. The molecule has 7 rings (SSSR count). The van der Waals surface area contributed by atoms with Gasteiger partial charge in [-0.15, -0.1) is 0 Å². The summed E-state index contributed by atoms with van der Waals surface area (Å²) in [6.07, 6.45) is 7.02. The SMILES string of the molecule is NC(=O)c1cnc(Cc2ccc(C(=O)N3CCOCC3)cc2)cc1NC1[C@@H]2CC3C[C@H]1CC(O)(C3)C2. The van der Waals surface area contributed by atoms with Gasteiger partial charge in [0.05, 0.1) is 30.1 Å². The summed E-state index contributed by atoms with van der Waals surface area (Å²) in [5, 5.41) is 14.6. The summed E-state index contributed by atoms with van der Waals surface area (Å²) in [5.74, 6) is 0.975. The maximum atomic E-state index is 12.7. The van der Waals surface area contributed by atoms with E-state index in [0.29, 0.717) is 61.6 Å². The lowest BCUT2D eigenvalue weighted by Gasteiger charge is -2.58. The standard InChI is InChI=1S/C28H34N4O4/c29-26(33)23-16-30-22(11-17-1-3-19(4-2-17)27(34)32-5-7-36-8-6-32)12-24(23)31-25-20-9-18-10-21(25)15-28(35,13-18)14-20/h1-4,12,16,18,20-21,25,35H,5-11,13-15H2,(H2,29,33)(H,30,31)/t18?,20-,21+,25?,28?. The minimum absolute atomic E-state index is 0.0283. The lowest BCUT2D eigenvalue weighted by molar-refractivity contribution is -0.129. The Kier molecular flexibility index (Phi) is 5.96. The molecule has 3 unspecified atom stereocenters. The van der Waals surface area contributed by atoms with Crippen LogP contribution >= 0.6 is 0 Å². The zero-order valence-electron chi connectivity index (χ0n) is 20.5. The van der Waals surface area contributed by atoms with Crippen molar-refractivity contribution >= 4 is 17.5 Å². The number of pyridine rings is 1. The van der Waals surface area contributed by atoms with Gasteiger partial charge in [0, 0.05) is 43.0 Å². The number of aromatic nitrogens is 1. The number of primary amides is 1. The first-order valence-electron chi connectivity index (χ1n) is 13.1. The summed E-state index contributed by atoms with van der Waals surface area (Å²) < 4.78 is 5.34. The molecule has 2 aromatic rings. The van der Waals surface area contributed by atoms with E-state index < -0.39 is 11.5 Å². The molecule has 5 aliphatic rings. The van der Waals surface area contributed by atoms with E-state index in [1.165, 1.54) is 0 Å². The van der Waals surface area contributed by atoms with E-state index in [1.54, 1.807) is 6.20 Å². The molecule has 36 heavy (non-hydrogen) atoms. The molecule has 4 bridgehead atoms. The quantitative estimate of drug-likeness (QED) is 0.573. The predicted octanol–water partition coefficient (Wildman–Crippen LogP) is 2.60. The van der Waals surface area contributed by atoms with Gasteiger partial charge in [-0.25, -0.2) is 0 Å². The number of morpholine rings is 1. The predicted molar refractivity (Wildman–Crippen MR) is 135 cm³/mol. The Hall–Kier alpha value is -2.97. The number of anilines is 1. The van der Waals surface area contributed by atoms with Gasteiger partial charge in [0.15, 0.2) is 0 Å². The minimum atomic E-state index is -0.500. The average Bonchev–Trinajstić information content (AvgIpc) is 2.86. The normalized spacial score (nSPS) is 30.9. The van der Waals surface area contributed by atoms with Crippen molar-refractivity contribution in [3.8, 4) is 0 Å². The Morgan fingerprint density at radius 3 is 2.44 bits per heavy atom. The van der Waals surface area contributed by atoms with E-state index >= 15 is 0 Å². The fraction of sp³-hybridized carbons (Fsp3) is 0.536. The second-order valence-electron chi connectivity index (χ2n) is 11.2. The van der Waals surface area contributed by atoms with E-state index in [9.17, 15) is 14.7 Å². The topological polar surface area (TPSA) is 118 Å². The van der Waals surface area contributed by atoms with Crippen LogP contribution in [-0.4, -0.2) is 64.8 Å². The highest BCUT2D eigenvalue weighted by Gasteiger charge is 2.54. The fourth-order valence-electron chi connectivity index (χ4n) is 7.23. The van der Waals surface area contributed by atoms with Crippen molar-refractivity contribution in [2.24, 2.45) is 23.5 Å². The van der Waals surface area contributed by atoms with Crippen LogP contribution in [0.25, 0.3) is 0 Å². The fourth-order valence-corrected chi connectivity index (χ4v) is 7.23. The number of hydrogen-bond acceptors (Lipinski definition) is 6. The molecule has 4 N–H and O–H groups in total. The molecule has 1 saturated heterocycles. The van der Waals surface area contributed by atoms with Crippen LogP contribution in [0, 0.1) is 17.8 Å². The molecule has 4 aliphatic carbocycles. The number of benzene rings is 1. The highest BCUT2D eigenvalue weighted by Crippen LogP contribution is 2.56.